The minimum Gasteiger partial charge on any atom is -0.497 e. The molecule has 0 saturated heterocycles. The number of rotatable bonds is 13. The number of benzene rings is 3. The van der Waals surface area contributed by atoms with Crippen LogP contribution in [-0.4, -0.2) is 32.2 Å². The van der Waals surface area contributed by atoms with E-state index in [9.17, 15) is 0 Å². The van der Waals surface area contributed by atoms with Gasteiger partial charge in [0.25, 0.3) is 0 Å². The van der Waals surface area contributed by atoms with Gasteiger partial charge in [-0.3, -0.25) is 0 Å². The number of unbranched alkanes of at least 4 members (excludes halogenated alkanes) is 2. The molecule has 170 valence electrons. The quantitative estimate of drug-likeness (QED) is 0.183. The van der Waals surface area contributed by atoms with E-state index in [-0.39, 0.29) is 5.25 Å². The first-order valence-corrected chi connectivity index (χ1v) is 11.9. The lowest BCUT2D eigenvalue weighted by Gasteiger charge is -2.36. The molecule has 0 aliphatic heterocycles. The molecule has 0 heterocycles. The number of ether oxygens (including phenoxy) is 3. The highest BCUT2D eigenvalue weighted by Crippen LogP contribution is 2.41. The maximum absolute atomic E-state index is 6.80. The van der Waals surface area contributed by atoms with Gasteiger partial charge in [-0.05, 0) is 35.2 Å². The molecule has 3 aromatic rings. The Morgan fingerprint density at radius 2 is 1.31 bits per heavy atom. The van der Waals surface area contributed by atoms with Crippen LogP contribution in [0.5, 0.6) is 5.75 Å². The van der Waals surface area contributed by atoms with E-state index >= 15 is 0 Å². The van der Waals surface area contributed by atoms with E-state index in [1.165, 1.54) is 12.8 Å². The van der Waals surface area contributed by atoms with Crippen molar-refractivity contribution in [2.75, 3.05) is 26.9 Å². The standard InChI is InChI=1S/C28H34O3S/c1-3-4-11-20-30-21-27(32)22-31-28(23-12-7-5-8-13-23,24-14-9-6-10-15-24)25-16-18-26(29-2)19-17-25/h5-10,12-19,27,32H,3-4,11,20-22H2,1-2H3/t27-/m1/s1. The summed E-state index contributed by atoms with van der Waals surface area (Å²) in [6, 6.07) is 28.8. The topological polar surface area (TPSA) is 27.7 Å². The van der Waals surface area contributed by atoms with Crippen molar-refractivity contribution in [3.63, 3.8) is 0 Å². The molecule has 0 aliphatic rings. The molecule has 0 aromatic heterocycles. The van der Waals surface area contributed by atoms with Crippen molar-refractivity contribution < 1.29 is 14.2 Å². The average Bonchev–Trinajstić information content (AvgIpc) is 2.86. The zero-order valence-corrected chi connectivity index (χ0v) is 20.0. The van der Waals surface area contributed by atoms with Crippen molar-refractivity contribution >= 4 is 12.6 Å². The normalized spacial score (nSPS) is 12.5. The lowest BCUT2D eigenvalue weighted by molar-refractivity contribution is 0.00270. The smallest absolute Gasteiger partial charge is 0.143 e. The second kappa shape index (κ2) is 12.7. The SMILES string of the molecule is CCCCCOC[C@@H](S)COC(c1ccccc1)(c1ccccc1)c1ccc(OC)cc1. The van der Waals surface area contributed by atoms with Gasteiger partial charge in [-0.1, -0.05) is 92.6 Å². The minimum absolute atomic E-state index is 0.0262. The summed E-state index contributed by atoms with van der Waals surface area (Å²) in [7, 11) is 1.68. The summed E-state index contributed by atoms with van der Waals surface area (Å²) in [6.07, 6.45) is 3.47. The van der Waals surface area contributed by atoms with Gasteiger partial charge >= 0.3 is 0 Å². The van der Waals surface area contributed by atoms with Crippen LogP contribution in [-0.2, 0) is 15.1 Å². The molecule has 0 spiro atoms. The van der Waals surface area contributed by atoms with Crippen LogP contribution in [0.1, 0.15) is 42.9 Å². The highest BCUT2D eigenvalue weighted by Gasteiger charge is 2.38. The molecule has 3 rings (SSSR count). The zero-order valence-electron chi connectivity index (χ0n) is 19.1. The van der Waals surface area contributed by atoms with Gasteiger partial charge < -0.3 is 14.2 Å². The lowest BCUT2D eigenvalue weighted by Crippen LogP contribution is -2.35. The molecule has 0 saturated carbocycles. The van der Waals surface area contributed by atoms with E-state index in [4.69, 9.17) is 26.8 Å². The Hall–Kier alpha value is -2.27. The third-order valence-electron chi connectivity index (χ3n) is 5.55. The van der Waals surface area contributed by atoms with Crippen molar-refractivity contribution in [2.24, 2.45) is 0 Å². The Balaban J connectivity index is 1.92. The second-order valence-corrected chi connectivity index (χ2v) is 8.62. The Kier molecular flexibility index (Phi) is 9.66. The van der Waals surface area contributed by atoms with E-state index in [2.05, 4.69) is 67.6 Å². The fourth-order valence-corrected chi connectivity index (χ4v) is 4.04. The summed E-state index contributed by atoms with van der Waals surface area (Å²) in [5.74, 6) is 0.816. The molecule has 1 atom stereocenters. The largest absolute Gasteiger partial charge is 0.497 e. The molecule has 0 amide bonds. The van der Waals surface area contributed by atoms with Gasteiger partial charge in [-0.15, -0.1) is 0 Å². The fraction of sp³-hybridized carbons (Fsp3) is 0.357. The molecule has 0 unspecified atom stereocenters. The Bertz CT molecular complexity index is 857. The number of methoxy groups -OCH3 is 1. The third-order valence-corrected chi connectivity index (χ3v) is 5.85. The van der Waals surface area contributed by atoms with Crippen LogP contribution in [0, 0.1) is 0 Å². The lowest BCUT2D eigenvalue weighted by atomic mass is 9.80. The molecule has 0 radical (unpaired) electrons. The van der Waals surface area contributed by atoms with E-state index in [0.29, 0.717) is 13.2 Å². The van der Waals surface area contributed by atoms with Gasteiger partial charge in [0.2, 0.25) is 0 Å². The summed E-state index contributed by atoms with van der Waals surface area (Å²) >= 11 is 4.77. The van der Waals surface area contributed by atoms with E-state index < -0.39 is 5.60 Å². The van der Waals surface area contributed by atoms with Crippen molar-refractivity contribution in [3.05, 3.63) is 102 Å². The second-order valence-electron chi connectivity index (χ2n) is 7.89. The van der Waals surface area contributed by atoms with Gasteiger partial charge in [0.05, 0.1) is 20.3 Å². The summed E-state index contributed by atoms with van der Waals surface area (Å²) in [5, 5.41) is -0.0262. The summed E-state index contributed by atoms with van der Waals surface area (Å²) in [4.78, 5) is 0. The van der Waals surface area contributed by atoms with Crippen LogP contribution in [0.3, 0.4) is 0 Å². The Morgan fingerprint density at radius 3 is 1.84 bits per heavy atom. The van der Waals surface area contributed by atoms with Crippen molar-refractivity contribution in [1.29, 1.82) is 0 Å². The van der Waals surface area contributed by atoms with Crippen LogP contribution in [0.25, 0.3) is 0 Å². The summed E-state index contributed by atoms with van der Waals surface area (Å²) in [5.41, 5.74) is 2.42. The van der Waals surface area contributed by atoms with E-state index in [1.807, 2.05) is 24.3 Å². The first kappa shape index (κ1) is 24.4. The molecule has 0 N–H and O–H groups in total. The van der Waals surface area contributed by atoms with Gasteiger partial charge in [0.15, 0.2) is 0 Å². The van der Waals surface area contributed by atoms with Gasteiger partial charge in [-0.25, -0.2) is 0 Å². The molecule has 0 fully saturated rings. The molecule has 4 heteroatoms. The minimum atomic E-state index is -0.766. The zero-order chi connectivity index (χ0) is 22.7. The molecule has 32 heavy (non-hydrogen) atoms. The van der Waals surface area contributed by atoms with E-state index in [1.54, 1.807) is 7.11 Å². The number of hydrogen-bond acceptors (Lipinski definition) is 4. The highest BCUT2D eigenvalue weighted by atomic mass is 32.1. The summed E-state index contributed by atoms with van der Waals surface area (Å²) < 4.78 is 18.0. The van der Waals surface area contributed by atoms with Crippen molar-refractivity contribution in [2.45, 2.75) is 37.0 Å². The number of thiol groups is 1. The molecular weight excluding hydrogens is 416 g/mol. The monoisotopic (exact) mass is 450 g/mol. The van der Waals surface area contributed by atoms with Crippen LogP contribution in [0.15, 0.2) is 84.9 Å². The molecule has 3 nitrogen and oxygen atoms in total. The predicted molar refractivity (Wildman–Crippen MR) is 135 cm³/mol. The molecule has 0 aliphatic carbocycles. The predicted octanol–water partition coefficient (Wildman–Crippen LogP) is 6.51. The first-order chi connectivity index (χ1) is 15.7. The van der Waals surface area contributed by atoms with Crippen molar-refractivity contribution in [1.82, 2.24) is 0 Å². The third kappa shape index (κ3) is 6.16. The van der Waals surface area contributed by atoms with Gasteiger partial charge in [0, 0.05) is 11.9 Å². The van der Waals surface area contributed by atoms with E-state index in [0.717, 1.165) is 35.5 Å². The fourth-order valence-electron chi connectivity index (χ4n) is 3.86. The maximum Gasteiger partial charge on any atom is 0.143 e. The van der Waals surface area contributed by atoms with Gasteiger partial charge in [0.1, 0.15) is 11.4 Å². The van der Waals surface area contributed by atoms with Crippen LogP contribution in [0.4, 0.5) is 0 Å². The van der Waals surface area contributed by atoms with Gasteiger partial charge in [-0.2, -0.15) is 12.6 Å². The first-order valence-electron chi connectivity index (χ1n) is 11.4. The highest BCUT2D eigenvalue weighted by molar-refractivity contribution is 7.81. The summed E-state index contributed by atoms with van der Waals surface area (Å²) in [6.45, 7) is 3.98. The van der Waals surface area contributed by atoms with Crippen LogP contribution in [0.2, 0.25) is 0 Å². The average molecular weight is 451 g/mol. The van der Waals surface area contributed by atoms with Crippen LogP contribution >= 0.6 is 12.6 Å². The molecular formula is C28H34O3S. The van der Waals surface area contributed by atoms with Crippen molar-refractivity contribution in [3.8, 4) is 5.75 Å². The Labute approximate surface area is 198 Å². The number of hydrogen-bond donors (Lipinski definition) is 1. The van der Waals surface area contributed by atoms with Crippen LogP contribution < -0.4 is 4.74 Å². The molecule has 0 bridgehead atoms. The molecule has 3 aromatic carbocycles. The Morgan fingerprint density at radius 1 is 0.750 bits per heavy atom. The maximum atomic E-state index is 6.80.